The summed E-state index contributed by atoms with van der Waals surface area (Å²) in [7, 11) is 0. The Morgan fingerprint density at radius 2 is 2.25 bits per heavy atom. The topological polar surface area (TPSA) is 89.5 Å². The molecule has 1 saturated heterocycles. The van der Waals surface area contributed by atoms with E-state index in [2.05, 4.69) is 6.92 Å². The summed E-state index contributed by atoms with van der Waals surface area (Å²) in [6.45, 7) is 3.36. The zero-order chi connectivity index (χ0) is 14.7. The van der Waals surface area contributed by atoms with E-state index in [-0.39, 0.29) is 17.3 Å². The standard InChI is InChI=1S/C14H19N3O3/c1-2-3-10-7-14(18)16(8-10)9-11-4-5-13(17(19)20)12(15)6-11/h4-6,10H,2-3,7-9,15H2,1H3. The van der Waals surface area contributed by atoms with E-state index in [1.54, 1.807) is 17.0 Å². The van der Waals surface area contributed by atoms with Crippen LogP contribution in [-0.4, -0.2) is 22.3 Å². The van der Waals surface area contributed by atoms with E-state index < -0.39 is 4.92 Å². The van der Waals surface area contributed by atoms with Crippen molar-refractivity contribution in [3.63, 3.8) is 0 Å². The fourth-order valence-electron chi connectivity index (χ4n) is 2.70. The van der Waals surface area contributed by atoms with Crippen molar-refractivity contribution in [1.82, 2.24) is 4.90 Å². The van der Waals surface area contributed by atoms with Crippen LogP contribution in [0.4, 0.5) is 11.4 Å². The second-order valence-corrected chi connectivity index (χ2v) is 5.28. The van der Waals surface area contributed by atoms with Gasteiger partial charge in [-0.2, -0.15) is 0 Å². The Labute approximate surface area is 117 Å². The molecule has 1 heterocycles. The Bertz CT molecular complexity index is 530. The molecule has 0 spiro atoms. The summed E-state index contributed by atoms with van der Waals surface area (Å²) in [6.07, 6.45) is 2.75. The molecule has 0 aliphatic carbocycles. The maximum atomic E-state index is 11.9. The van der Waals surface area contributed by atoms with Gasteiger partial charge in [-0.1, -0.05) is 19.4 Å². The highest BCUT2D eigenvalue weighted by Gasteiger charge is 2.28. The first-order valence-electron chi connectivity index (χ1n) is 6.81. The van der Waals surface area contributed by atoms with Crippen LogP contribution < -0.4 is 5.73 Å². The van der Waals surface area contributed by atoms with Crippen LogP contribution in [0.15, 0.2) is 18.2 Å². The summed E-state index contributed by atoms with van der Waals surface area (Å²) in [4.78, 5) is 23.9. The number of hydrogen-bond donors (Lipinski definition) is 1. The van der Waals surface area contributed by atoms with Gasteiger partial charge in [-0.3, -0.25) is 14.9 Å². The van der Waals surface area contributed by atoms with Crippen molar-refractivity contribution < 1.29 is 9.72 Å². The van der Waals surface area contributed by atoms with E-state index in [1.807, 2.05) is 0 Å². The molecule has 2 N–H and O–H groups in total. The predicted molar refractivity (Wildman–Crippen MR) is 75.9 cm³/mol. The van der Waals surface area contributed by atoms with Gasteiger partial charge >= 0.3 is 0 Å². The minimum absolute atomic E-state index is 0.0923. The molecule has 0 bridgehead atoms. The maximum absolute atomic E-state index is 11.9. The van der Waals surface area contributed by atoms with Gasteiger partial charge in [0.05, 0.1) is 4.92 Å². The van der Waals surface area contributed by atoms with Gasteiger partial charge in [0, 0.05) is 25.6 Å². The Morgan fingerprint density at radius 1 is 1.50 bits per heavy atom. The van der Waals surface area contributed by atoms with E-state index in [9.17, 15) is 14.9 Å². The second kappa shape index (κ2) is 5.90. The van der Waals surface area contributed by atoms with Gasteiger partial charge in [-0.15, -0.1) is 0 Å². The first-order chi connectivity index (χ1) is 9.51. The summed E-state index contributed by atoms with van der Waals surface area (Å²) in [5, 5.41) is 10.7. The molecule has 1 unspecified atom stereocenters. The normalized spacial score (nSPS) is 18.6. The number of amides is 1. The van der Waals surface area contributed by atoms with Crippen molar-refractivity contribution in [2.45, 2.75) is 32.7 Å². The predicted octanol–water partition coefficient (Wildman–Crippen LogP) is 2.33. The molecule has 20 heavy (non-hydrogen) atoms. The van der Waals surface area contributed by atoms with Crippen molar-refractivity contribution in [1.29, 1.82) is 0 Å². The van der Waals surface area contributed by atoms with Gasteiger partial charge in [-0.25, -0.2) is 0 Å². The van der Waals surface area contributed by atoms with E-state index in [4.69, 9.17) is 5.73 Å². The molecule has 0 saturated carbocycles. The van der Waals surface area contributed by atoms with Gasteiger partial charge in [0.25, 0.3) is 5.69 Å². The molecule has 1 amide bonds. The smallest absolute Gasteiger partial charge is 0.292 e. The fourth-order valence-corrected chi connectivity index (χ4v) is 2.70. The minimum atomic E-state index is -0.503. The summed E-state index contributed by atoms with van der Waals surface area (Å²) >= 11 is 0. The third-order valence-corrected chi connectivity index (χ3v) is 3.65. The molecule has 1 aliphatic heterocycles. The van der Waals surface area contributed by atoms with Crippen LogP contribution in [0.5, 0.6) is 0 Å². The van der Waals surface area contributed by atoms with Gasteiger partial charge in [0.15, 0.2) is 0 Å². The van der Waals surface area contributed by atoms with Crippen LogP contribution in [-0.2, 0) is 11.3 Å². The van der Waals surface area contributed by atoms with Crippen molar-refractivity contribution in [3.8, 4) is 0 Å². The van der Waals surface area contributed by atoms with E-state index >= 15 is 0 Å². The lowest BCUT2D eigenvalue weighted by Crippen LogP contribution is -2.24. The Hall–Kier alpha value is -2.11. The molecule has 1 aromatic rings. The van der Waals surface area contributed by atoms with Crippen LogP contribution >= 0.6 is 0 Å². The zero-order valence-electron chi connectivity index (χ0n) is 11.5. The quantitative estimate of drug-likeness (QED) is 0.508. The molecule has 6 heteroatoms. The van der Waals surface area contributed by atoms with Crippen molar-refractivity contribution in [3.05, 3.63) is 33.9 Å². The number of likely N-dealkylation sites (tertiary alicyclic amines) is 1. The summed E-state index contributed by atoms with van der Waals surface area (Å²) in [5.41, 5.74) is 6.54. The van der Waals surface area contributed by atoms with Crippen LogP contribution in [0.1, 0.15) is 31.7 Å². The lowest BCUT2D eigenvalue weighted by molar-refractivity contribution is -0.383. The Morgan fingerprint density at radius 3 is 2.85 bits per heavy atom. The molecule has 1 aliphatic rings. The first-order valence-corrected chi connectivity index (χ1v) is 6.81. The first kappa shape index (κ1) is 14.3. The van der Waals surface area contributed by atoms with Crippen LogP contribution in [0.3, 0.4) is 0 Å². The summed E-state index contributed by atoms with van der Waals surface area (Å²) < 4.78 is 0. The number of carbonyl (C=O) groups excluding carboxylic acids is 1. The number of nitro groups is 1. The van der Waals surface area contributed by atoms with Crippen LogP contribution in [0.25, 0.3) is 0 Å². The largest absolute Gasteiger partial charge is 0.393 e. The number of rotatable bonds is 5. The molecular formula is C14H19N3O3. The van der Waals surface area contributed by atoms with E-state index in [1.165, 1.54) is 6.07 Å². The zero-order valence-corrected chi connectivity index (χ0v) is 11.5. The maximum Gasteiger partial charge on any atom is 0.292 e. The highest BCUT2D eigenvalue weighted by Crippen LogP contribution is 2.26. The van der Waals surface area contributed by atoms with Gasteiger partial charge in [0.1, 0.15) is 5.69 Å². The monoisotopic (exact) mass is 277 g/mol. The Balaban J connectivity index is 2.05. The third-order valence-electron chi connectivity index (χ3n) is 3.65. The van der Waals surface area contributed by atoms with Crippen molar-refractivity contribution in [2.24, 2.45) is 5.92 Å². The molecule has 1 fully saturated rings. The SMILES string of the molecule is CCCC1CC(=O)N(Cc2ccc([N+](=O)[O-])c(N)c2)C1. The molecule has 6 nitrogen and oxygen atoms in total. The number of nitrogens with two attached hydrogens (primary N) is 1. The lowest BCUT2D eigenvalue weighted by Gasteiger charge is -2.17. The Kier molecular flexibility index (Phi) is 4.22. The highest BCUT2D eigenvalue weighted by molar-refractivity contribution is 5.78. The number of benzene rings is 1. The number of nitrogens with zero attached hydrogens (tertiary/aromatic N) is 2. The number of carbonyl (C=O) groups is 1. The van der Waals surface area contributed by atoms with E-state index in [0.717, 1.165) is 24.9 Å². The molecule has 2 rings (SSSR count). The second-order valence-electron chi connectivity index (χ2n) is 5.28. The van der Waals surface area contributed by atoms with Crippen molar-refractivity contribution in [2.75, 3.05) is 12.3 Å². The fraction of sp³-hybridized carbons (Fsp3) is 0.500. The molecule has 0 aromatic heterocycles. The minimum Gasteiger partial charge on any atom is -0.393 e. The molecule has 1 aromatic carbocycles. The lowest BCUT2D eigenvalue weighted by atomic mass is 10.0. The van der Waals surface area contributed by atoms with Gasteiger partial charge in [0.2, 0.25) is 5.91 Å². The number of nitrogen functional groups attached to an aromatic ring is 1. The third kappa shape index (κ3) is 3.07. The van der Waals surface area contributed by atoms with Crippen LogP contribution in [0, 0.1) is 16.0 Å². The molecule has 1 atom stereocenters. The number of hydrogen-bond acceptors (Lipinski definition) is 4. The van der Waals surface area contributed by atoms with Gasteiger partial charge < -0.3 is 10.6 Å². The molecule has 0 radical (unpaired) electrons. The molecular weight excluding hydrogens is 258 g/mol. The number of anilines is 1. The van der Waals surface area contributed by atoms with Gasteiger partial charge in [-0.05, 0) is 24.0 Å². The molecule has 108 valence electrons. The highest BCUT2D eigenvalue weighted by atomic mass is 16.6. The summed E-state index contributed by atoms with van der Waals surface area (Å²) in [6, 6.07) is 4.64. The average molecular weight is 277 g/mol. The number of nitro benzene ring substituents is 1. The van der Waals surface area contributed by atoms with Crippen molar-refractivity contribution >= 4 is 17.3 Å². The van der Waals surface area contributed by atoms with E-state index in [0.29, 0.717) is 18.9 Å². The summed E-state index contributed by atoms with van der Waals surface area (Å²) in [5.74, 6) is 0.586. The average Bonchev–Trinajstić information content (AvgIpc) is 2.70. The van der Waals surface area contributed by atoms with Crippen LogP contribution in [0.2, 0.25) is 0 Å².